The molecule has 2 heterocycles. The van der Waals surface area contributed by atoms with Gasteiger partial charge in [-0.3, -0.25) is 4.90 Å². The van der Waals surface area contributed by atoms with Crippen molar-refractivity contribution in [3.8, 4) is 17.2 Å². The molecule has 0 fully saturated rings. The molecule has 29 heavy (non-hydrogen) atoms. The van der Waals surface area contributed by atoms with Crippen molar-refractivity contribution in [2.45, 2.75) is 32.4 Å². The molecular formula is C23H23NO5. The van der Waals surface area contributed by atoms with Crippen LogP contribution in [0.2, 0.25) is 0 Å². The van der Waals surface area contributed by atoms with Gasteiger partial charge in [0.2, 0.25) is 0 Å². The second-order valence-electron chi connectivity index (χ2n) is 7.56. The van der Waals surface area contributed by atoms with Crippen LogP contribution < -0.4 is 19.8 Å². The highest BCUT2D eigenvalue weighted by Crippen LogP contribution is 2.36. The average molecular weight is 393 g/mol. The second kappa shape index (κ2) is 7.12. The predicted molar refractivity (Wildman–Crippen MR) is 109 cm³/mol. The standard InChI is InChI=1S/C23H23NO5/c1-26-15-7-6-14(21(10-15)27-2)11-24-12-19-20(28-13-24)9-8-17-16-4-3-5-18(16)23(25)29-22(17)19/h6-10H,3-5,11-13H2,1-2H3. The minimum absolute atomic E-state index is 0.202. The van der Waals surface area contributed by atoms with E-state index in [1.54, 1.807) is 14.2 Å². The maximum absolute atomic E-state index is 12.5. The number of rotatable bonds is 4. The summed E-state index contributed by atoms with van der Waals surface area (Å²) in [6.45, 7) is 1.75. The molecule has 0 saturated carbocycles. The lowest BCUT2D eigenvalue weighted by Crippen LogP contribution is -2.32. The van der Waals surface area contributed by atoms with Gasteiger partial charge in [0, 0.05) is 35.7 Å². The van der Waals surface area contributed by atoms with Crippen LogP contribution in [0.25, 0.3) is 11.0 Å². The summed E-state index contributed by atoms with van der Waals surface area (Å²) < 4.78 is 22.6. The van der Waals surface area contributed by atoms with Gasteiger partial charge in [-0.05, 0) is 43.0 Å². The lowest BCUT2D eigenvalue weighted by molar-refractivity contribution is 0.0882. The molecule has 0 bridgehead atoms. The molecule has 1 aliphatic carbocycles. The van der Waals surface area contributed by atoms with Gasteiger partial charge in [0.25, 0.3) is 0 Å². The molecule has 2 aliphatic rings. The Morgan fingerprint density at radius 1 is 1.03 bits per heavy atom. The van der Waals surface area contributed by atoms with E-state index in [9.17, 15) is 4.79 Å². The van der Waals surface area contributed by atoms with Gasteiger partial charge in [0.1, 0.15) is 29.6 Å². The average Bonchev–Trinajstić information content (AvgIpc) is 3.25. The van der Waals surface area contributed by atoms with Crippen molar-refractivity contribution in [2.24, 2.45) is 0 Å². The minimum Gasteiger partial charge on any atom is -0.497 e. The van der Waals surface area contributed by atoms with Crippen LogP contribution in [0, 0.1) is 0 Å². The highest BCUT2D eigenvalue weighted by molar-refractivity contribution is 5.86. The summed E-state index contributed by atoms with van der Waals surface area (Å²) >= 11 is 0. The SMILES string of the molecule is COc1ccc(CN2COc3ccc4c5c(c(=O)oc4c3C2)CCC5)c(OC)c1. The molecule has 0 spiro atoms. The van der Waals surface area contributed by atoms with E-state index in [2.05, 4.69) is 4.90 Å². The van der Waals surface area contributed by atoms with Gasteiger partial charge in [-0.2, -0.15) is 0 Å². The molecule has 0 saturated heterocycles. The Hall–Kier alpha value is -2.99. The van der Waals surface area contributed by atoms with Crippen LogP contribution in [-0.2, 0) is 25.9 Å². The first-order valence-corrected chi connectivity index (χ1v) is 9.84. The molecule has 0 N–H and O–H groups in total. The van der Waals surface area contributed by atoms with Crippen LogP contribution >= 0.6 is 0 Å². The van der Waals surface area contributed by atoms with Gasteiger partial charge in [0.15, 0.2) is 0 Å². The highest BCUT2D eigenvalue weighted by Gasteiger charge is 2.26. The quantitative estimate of drug-likeness (QED) is 0.631. The summed E-state index contributed by atoms with van der Waals surface area (Å²) in [5, 5.41) is 1.04. The van der Waals surface area contributed by atoms with Crippen LogP contribution in [0.1, 0.15) is 28.7 Å². The number of fused-ring (bicyclic) bond motifs is 5. The molecule has 1 aromatic heterocycles. The lowest BCUT2D eigenvalue weighted by Gasteiger charge is -2.30. The monoisotopic (exact) mass is 393 g/mol. The fourth-order valence-electron chi connectivity index (χ4n) is 4.42. The molecule has 0 atom stereocenters. The molecule has 0 unspecified atom stereocenters. The third-order valence-corrected chi connectivity index (χ3v) is 5.87. The van der Waals surface area contributed by atoms with Gasteiger partial charge >= 0.3 is 5.63 Å². The molecule has 150 valence electrons. The van der Waals surface area contributed by atoms with Gasteiger partial charge in [-0.1, -0.05) is 6.07 Å². The van der Waals surface area contributed by atoms with Crippen LogP contribution in [0.5, 0.6) is 17.2 Å². The number of nitrogens with zero attached hydrogens (tertiary/aromatic N) is 1. The molecule has 0 amide bonds. The summed E-state index contributed by atoms with van der Waals surface area (Å²) in [7, 11) is 3.29. The van der Waals surface area contributed by atoms with Crippen molar-refractivity contribution in [2.75, 3.05) is 21.0 Å². The Kier molecular flexibility index (Phi) is 4.43. The van der Waals surface area contributed by atoms with Gasteiger partial charge in [0.05, 0.1) is 19.8 Å². The van der Waals surface area contributed by atoms with Crippen molar-refractivity contribution in [1.82, 2.24) is 4.90 Å². The summed E-state index contributed by atoms with van der Waals surface area (Å²) in [5.41, 5.74) is 4.44. The Morgan fingerprint density at radius 3 is 2.72 bits per heavy atom. The maximum Gasteiger partial charge on any atom is 0.339 e. The number of aryl methyl sites for hydroxylation is 1. The Balaban J connectivity index is 1.50. The Morgan fingerprint density at radius 2 is 1.90 bits per heavy atom. The topological polar surface area (TPSA) is 61.1 Å². The van der Waals surface area contributed by atoms with Crippen molar-refractivity contribution >= 4 is 11.0 Å². The number of methoxy groups -OCH3 is 2. The zero-order valence-corrected chi connectivity index (χ0v) is 16.6. The summed E-state index contributed by atoms with van der Waals surface area (Å²) in [4.78, 5) is 14.6. The van der Waals surface area contributed by atoms with Crippen LogP contribution in [0.15, 0.2) is 39.5 Å². The number of hydrogen-bond donors (Lipinski definition) is 0. The zero-order valence-electron chi connectivity index (χ0n) is 16.6. The minimum atomic E-state index is -0.202. The first-order valence-electron chi connectivity index (χ1n) is 9.84. The lowest BCUT2D eigenvalue weighted by atomic mass is 10.0. The van der Waals surface area contributed by atoms with Crippen LogP contribution in [-0.4, -0.2) is 25.9 Å². The normalized spacial score (nSPS) is 15.7. The molecule has 6 heteroatoms. The van der Waals surface area contributed by atoms with Crippen molar-refractivity contribution < 1.29 is 18.6 Å². The maximum atomic E-state index is 12.5. The fraction of sp³-hybridized carbons (Fsp3) is 0.348. The largest absolute Gasteiger partial charge is 0.497 e. The Bertz CT molecular complexity index is 1150. The smallest absolute Gasteiger partial charge is 0.339 e. The van der Waals surface area contributed by atoms with E-state index in [1.807, 2.05) is 30.3 Å². The molecular weight excluding hydrogens is 370 g/mol. The van der Waals surface area contributed by atoms with Crippen molar-refractivity contribution in [1.29, 1.82) is 0 Å². The van der Waals surface area contributed by atoms with Gasteiger partial charge in [-0.25, -0.2) is 4.79 Å². The van der Waals surface area contributed by atoms with E-state index in [-0.39, 0.29) is 5.63 Å². The zero-order chi connectivity index (χ0) is 20.0. The summed E-state index contributed by atoms with van der Waals surface area (Å²) in [6, 6.07) is 9.84. The second-order valence-corrected chi connectivity index (χ2v) is 7.56. The number of benzene rings is 2. The summed E-state index contributed by atoms with van der Waals surface area (Å²) in [6.07, 6.45) is 2.75. The van der Waals surface area contributed by atoms with E-state index < -0.39 is 0 Å². The predicted octanol–water partition coefficient (Wildman–Crippen LogP) is 3.65. The molecule has 1 aliphatic heterocycles. The number of hydrogen-bond acceptors (Lipinski definition) is 6. The van der Waals surface area contributed by atoms with E-state index in [4.69, 9.17) is 18.6 Å². The van der Waals surface area contributed by atoms with Crippen molar-refractivity contribution in [3.05, 3.63) is 63.0 Å². The fourth-order valence-corrected chi connectivity index (χ4v) is 4.42. The van der Waals surface area contributed by atoms with Crippen LogP contribution in [0.4, 0.5) is 0 Å². The third kappa shape index (κ3) is 3.04. The van der Waals surface area contributed by atoms with Crippen LogP contribution in [0.3, 0.4) is 0 Å². The van der Waals surface area contributed by atoms with E-state index in [1.165, 1.54) is 0 Å². The molecule has 5 rings (SSSR count). The first-order chi connectivity index (χ1) is 14.2. The summed E-state index contributed by atoms with van der Waals surface area (Å²) in [5.74, 6) is 2.32. The van der Waals surface area contributed by atoms with E-state index in [0.717, 1.165) is 64.2 Å². The molecule has 6 nitrogen and oxygen atoms in total. The third-order valence-electron chi connectivity index (χ3n) is 5.87. The van der Waals surface area contributed by atoms with Crippen molar-refractivity contribution in [3.63, 3.8) is 0 Å². The number of ether oxygens (including phenoxy) is 3. The van der Waals surface area contributed by atoms with E-state index in [0.29, 0.717) is 25.4 Å². The first kappa shape index (κ1) is 18.1. The van der Waals surface area contributed by atoms with E-state index >= 15 is 0 Å². The Labute approximate surface area is 168 Å². The molecule has 2 aromatic carbocycles. The molecule has 3 aromatic rings. The van der Waals surface area contributed by atoms with Gasteiger partial charge in [-0.15, -0.1) is 0 Å². The highest BCUT2D eigenvalue weighted by atomic mass is 16.5. The van der Waals surface area contributed by atoms with Gasteiger partial charge < -0.3 is 18.6 Å². The molecule has 0 radical (unpaired) electrons.